The average Bonchev–Trinajstić information content (AvgIpc) is 3.14. The lowest BCUT2D eigenvalue weighted by atomic mass is 9.84. The molecule has 140 valence electrons. The van der Waals surface area contributed by atoms with E-state index >= 15 is 0 Å². The second kappa shape index (κ2) is 7.12. The van der Waals surface area contributed by atoms with Crippen LogP contribution >= 0.6 is 11.9 Å². The number of anilines is 1. The zero-order chi connectivity index (χ0) is 18.3. The molecule has 26 heavy (non-hydrogen) atoms. The van der Waals surface area contributed by atoms with Crippen molar-refractivity contribution in [1.82, 2.24) is 19.2 Å². The molecular weight excluding hydrogens is 346 g/mol. The molecule has 1 amide bonds. The zero-order valence-electron chi connectivity index (χ0n) is 15.7. The number of aromatic nitrogens is 2. The number of aromatic amines is 1. The maximum absolute atomic E-state index is 12.7. The van der Waals surface area contributed by atoms with Gasteiger partial charge in [0.25, 0.3) is 5.91 Å². The summed E-state index contributed by atoms with van der Waals surface area (Å²) in [5.41, 5.74) is 2.67. The van der Waals surface area contributed by atoms with Crippen LogP contribution in [-0.4, -0.2) is 64.7 Å². The molecule has 4 rings (SSSR count). The first-order valence-electron chi connectivity index (χ1n) is 9.32. The summed E-state index contributed by atoms with van der Waals surface area (Å²) >= 11 is 1.81. The number of H-pyrrole nitrogens is 1. The minimum absolute atomic E-state index is 0.0714. The van der Waals surface area contributed by atoms with E-state index in [2.05, 4.69) is 32.5 Å². The van der Waals surface area contributed by atoms with Gasteiger partial charge in [-0.1, -0.05) is 11.9 Å². The third-order valence-corrected chi connectivity index (χ3v) is 6.64. The highest BCUT2D eigenvalue weighted by Gasteiger charge is 2.35. The normalized spacial score (nSPS) is 23.8. The molecule has 0 aromatic carbocycles. The second-order valence-corrected chi connectivity index (χ2v) is 8.53. The Morgan fingerprint density at radius 1 is 1.35 bits per heavy atom. The van der Waals surface area contributed by atoms with E-state index in [0.29, 0.717) is 12.7 Å². The highest BCUT2D eigenvalue weighted by Crippen LogP contribution is 2.38. The fourth-order valence-corrected chi connectivity index (χ4v) is 4.76. The monoisotopic (exact) mass is 373 g/mol. The quantitative estimate of drug-likeness (QED) is 0.834. The summed E-state index contributed by atoms with van der Waals surface area (Å²) in [6.07, 6.45) is 10.7. The molecular formula is C19H27N5OS. The molecule has 1 aliphatic heterocycles. The summed E-state index contributed by atoms with van der Waals surface area (Å²) in [4.78, 5) is 24.5. The summed E-state index contributed by atoms with van der Waals surface area (Å²) in [5, 5.41) is 1.06. The number of pyridine rings is 1. The second-order valence-electron chi connectivity index (χ2n) is 7.54. The van der Waals surface area contributed by atoms with Crippen LogP contribution in [0.4, 0.5) is 5.69 Å². The van der Waals surface area contributed by atoms with Crippen LogP contribution in [0.1, 0.15) is 36.0 Å². The van der Waals surface area contributed by atoms with Gasteiger partial charge in [0.05, 0.1) is 17.9 Å². The molecule has 2 aliphatic rings. The minimum atomic E-state index is 0.0714. The summed E-state index contributed by atoms with van der Waals surface area (Å²) in [6, 6.07) is 2.53. The summed E-state index contributed by atoms with van der Waals surface area (Å²) in [5.74, 6) is 0.846. The first-order chi connectivity index (χ1) is 12.6. The number of amides is 1. The van der Waals surface area contributed by atoms with Crippen LogP contribution in [0.15, 0.2) is 18.5 Å². The third kappa shape index (κ3) is 3.07. The van der Waals surface area contributed by atoms with Crippen LogP contribution in [0, 0.1) is 5.92 Å². The number of rotatable bonds is 4. The minimum Gasteiger partial charge on any atom is -0.349 e. The van der Waals surface area contributed by atoms with E-state index in [9.17, 15) is 4.79 Å². The van der Waals surface area contributed by atoms with Gasteiger partial charge in [0, 0.05) is 37.4 Å². The van der Waals surface area contributed by atoms with Crippen molar-refractivity contribution in [3.63, 3.8) is 0 Å². The van der Waals surface area contributed by atoms with Gasteiger partial charge in [0.2, 0.25) is 0 Å². The van der Waals surface area contributed by atoms with Crippen LogP contribution in [0.5, 0.6) is 0 Å². The molecule has 1 saturated carbocycles. The molecule has 2 aromatic heterocycles. The van der Waals surface area contributed by atoms with E-state index in [1.54, 1.807) is 6.20 Å². The third-order valence-electron chi connectivity index (χ3n) is 5.87. The van der Waals surface area contributed by atoms with E-state index in [4.69, 9.17) is 0 Å². The van der Waals surface area contributed by atoms with E-state index in [-0.39, 0.29) is 5.91 Å². The number of carbonyl (C=O) groups is 1. The molecule has 0 spiro atoms. The summed E-state index contributed by atoms with van der Waals surface area (Å²) in [6.45, 7) is 1.82. The van der Waals surface area contributed by atoms with Gasteiger partial charge < -0.3 is 14.8 Å². The number of hydrogen-bond acceptors (Lipinski definition) is 5. The van der Waals surface area contributed by atoms with Crippen molar-refractivity contribution >= 4 is 34.6 Å². The van der Waals surface area contributed by atoms with Crippen molar-refractivity contribution in [3.8, 4) is 0 Å². The summed E-state index contributed by atoms with van der Waals surface area (Å²) < 4.78 is 2.34. The van der Waals surface area contributed by atoms with Gasteiger partial charge in [-0.2, -0.15) is 0 Å². The van der Waals surface area contributed by atoms with Crippen molar-refractivity contribution in [2.45, 2.75) is 31.7 Å². The lowest BCUT2D eigenvalue weighted by Gasteiger charge is -2.44. The van der Waals surface area contributed by atoms with Crippen molar-refractivity contribution in [1.29, 1.82) is 0 Å². The SMILES string of the molecule is CSN(C)CC1CCC(N2CN(C)C(=O)c3cnc4[nH]ccc4c32)CC1. The smallest absolute Gasteiger partial charge is 0.258 e. The summed E-state index contributed by atoms with van der Waals surface area (Å²) in [7, 11) is 4.06. The standard InChI is InChI=1S/C19H27N5OS/c1-22-12-24(14-6-4-13(5-7-14)11-23(2)26-3)17-15-8-9-20-18(15)21-10-16(17)19(22)25/h8-10,13-14H,4-7,11-12H2,1-3H3,(H,20,21). The molecule has 3 heterocycles. The van der Waals surface area contributed by atoms with Crippen LogP contribution < -0.4 is 4.90 Å². The largest absolute Gasteiger partial charge is 0.349 e. The van der Waals surface area contributed by atoms with Crippen LogP contribution in [0.2, 0.25) is 0 Å². The molecule has 6 nitrogen and oxygen atoms in total. The molecule has 0 radical (unpaired) electrons. The lowest BCUT2D eigenvalue weighted by Crippen LogP contribution is -2.50. The first kappa shape index (κ1) is 17.7. The van der Waals surface area contributed by atoms with Crippen LogP contribution in [0.3, 0.4) is 0 Å². The number of nitrogens with one attached hydrogen (secondary N) is 1. The number of carbonyl (C=O) groups excluding carboxylic acids is 1. The molecule has 0 unspecified atom stereocenters. The number of hydrogen-bond donors (Lipinski definition) is 1. The molecule has 1 aliphatic carbocycles. The van der Waals surface area contributed by atoms with E-state index < -0.39 is 0 Å². The molecule has 0 saturated heterocycles. The van der Waals surface area contributed by atoms with Crippen LogP contribution in [0.25, 0.3) is 11.0 Å². The molecule has 0 bridgehead atoms. The highest BCUT2D eigenvalue weighted by atomic mass is 32.2. The van der Waals surface area contributed by atoms with Gasteiger partial charge in [-0.25, -0.2) is 4.98 Å². The fourth-order valence-electron chi connectivity index (χ4n) is 4.40. The van der Waals surface area contributed by atoms with E-state index in [1.807, 2.05) is 36.2 Å². The Kier molecular flexibility index (Phi) is 4.84. The Morgan fingerprint density at radius 2 is 2.12 bits per heavy atom. The zero-order valence-corrected chi connectivity index (χ0v) is 16.6. The maximum atomic E-state index is 12.7. The molecule has 1 fully saturated rings. The Morgan fingerprint density at radius 3 is 2.85 bits per heavy atom. The first-order valence-corrected chi connectivity index (χ1v) is 10.5. The van der Waals surface area contributed by atoms with Gasteiger partial charge >= 0.3 is 0 Å². The van der Waals surface area contributed by atoms with Crippen molar-refractivity contribution in [2.24, 2.45) is 5.92 Å². The van der Waals surface area contributed by atoms with Crippen molar-refractivity contribution < 1.29 is 4.79 Å². The highest BCUT2D eigenvalue weighted by molar-refractivity contribution is 7.96. The molecule has 2 aromatic rings. The van der Waals surface area contributed by atoms with Crippen LogP contribution in [-0.2, 0) is 0 Å². The predicted octanol–water partition coefficient (Wildman–Crippen LogP) is 3.18. The average molecular weight is 374 g/mol. The maximum Gasteiger partial charge on any atom is 0.258 e. The van der Waals surface area contributed by atoms with E-state index in [1.165, 1.54) is 25.7 Å². The molecule has 7 heteroatoms. The van der Waals surface area contributed by atoms with Crippen molar-refractivity contribution in [2.75, 3.05) is 38.5 Å². The van der Waals surface area contributed by atoms with Gasteiger partial charge in [-0.05, 0) is 51.0 Å². The van der Waals surface area contributed by atoms with E-state index in [0.717, 1.165) is 34.7 Å². The van der Waals surface area contributed by atoms with Gasteiger partial charge in [0.1, 0.15) is 5.65 Å². The Labute approximate surface area is 159 Å². The van der Waals surface area contributed by atoms with Gasteiger partial charge in [-0.15, -0.1) is 0 Å². The van der Waals surface area contributed by atoms with Gasteiger partial charge in [0.15, 0.2) is 0 Å². The van der Waals surface area contributed by atoms with Crippen molar-refractivity contribution in [3.05, 3.63) is 24.0 Å². The Hall–Kier alpha value is -1.73. The lowest BCUT2D eigenvalue weighted by molar-refractivity contribution is 0.0774. The predicted molar refractivity (Wildman–Crippen MR) is 107 cm³/mol. The molecule has 0 atom stereocenters. The molecule has 1 N–H and O–H groups in total. The Balaban J connectivity index is 1.59. The number of nitrogens with zero attached hydrogens (tertiary/aromatic N) is 4. The fraction of sp³-hybridized carbons (Fsp3) is 0.579. The Bertz CT molecular complexity index is 798. The van der Waals surface area contributed by atoms with Gasteiger partial charge in [-0.3, -0.25) is 9.10 Å². The topological polar surface area (TPSA) is 55.5 Å². The number of fused-ring (bicyclic) bond motifs is 3.